The van der Waals surface area contributed by atoms with Gasteiger partial charge >= 0.3 is 0 Å². The molecule has 2 heteroatoms. The largest absolute Gasteiger partial charge is 0.314 e. The smallest absolute Gasteiger partial charge is 0.108 e. The van der Waals surface area contributed by atoms with Crippen molar-refractivity contribution < 1.29 is 5.11 Å². The Balaban J connectivity index is 2.40. The first-order valence-corrected chi connectivity index (χ1v) is 4.08. The summed E-state index contributed by atoms with van der Waals surface area (Å²) >= 11 is 0. The molecule has 0 aromatic carbocycles. The van der Waals surface area contributed by atoms with E-state index in [1.165, 1.54) is 0 Å². The van der Waals surface area contributed by atoms with Crippen LogP contribution in [0.25, 0.3) is 0 Å². The molecule has 1 aliphatic rings. The van der Waals surface area contributed by atoms with Crippen LogP contribution in [0.2, 0.25) is 0 Å². The summed E-state index contributed by atoms with van der Waals surface area (Å²) in [5, 5.41) is 14.4. The molecule has 10 heavy (non-hydrogen) atoms. The van der Waals surface area contributed by atoms with Crippen LogP contribution in [0.5, 0.6) is 0 Å². The number of rotatable bonds is 1. The first kappa shape index (κ1) is 8.02. The van der Waals surface area contributed by atoms with Gasteiger partial charge in [-0.1, -0.05) is 13.8 Å². The van der Waals surface area contributed by atoms with E-state index in [0.29, 0.717) is 18.4 Å². The van der Waals surface area contributed by atoms with Crippen LogP contribution in [-0.2, 0) is 5.11 Å². The molecule has 0 bridgehead atoms. The molecular weight excluding hydrogens is 126 g/mol. The monoisotopic (exact) mass is 142 g/mol. The van der Waals surface area contributed by atoms with E-state index in [0.717, 1.165) is 13.0 Å². The molecule has 2 nitrogen and oxygen atoms in total. The van der Waals surface area contributed by atoms with Crippen LogP contribution in [0.15, 0.2) is 0 Å². The predicted molar refractivity (Wildman–Crippen MR) is 40.3 cm³/mol. The molecule has 1 N–H and O–H groups in total. The van der Waals surface area contributed by atoms with Crippen molar-refractivity contribution in [2.24, 2.45) is 11.8 Å². The van der Waals surface area contributed by atoms with Crippen LogP contribution in [-0.4, -0.2) is 19.2 Å². The average molecular weight is 142 g/mol. The third-order valence-corrected chi connectivity index (χ3v) is 2.33. The normalized spacial score (nSPS) is 34.8. The van der Waals surface area contributed by atoms with E-state index in [9.17, 15) is 5.11 Å². The molecule has 2 unspecified atom stereocenters. The van der Waals surface area contributed by atoms with Crippen LogP contribution in [0.3, 0.4) is 0 Å². The highest BCUT2D eigenvalue weighted by Gasteiger charge is 2.26. The average Bonchev–Trinajstić information content (AvgIpc) is 1.88. The second-order valence-electron chi connectivity index (χ2n) is 3.44. The zero-order valence-corrected chi connectivity index (χ0v) is 6.76. The molecule has 0 aromatic heterocycles. The molecule has 1 aliphatic heterocycles. The molecule has 2 atom stereocenters. The summed E-state index contributed by atoms with van der Waals surface area (Å²) in [6.07, 6.45) is 0.694. The van der Waals surface area contributed by atoms with E-state index in [2.05, 4.69) is 19.2 Å². The van der Waals surface area contributed by atoms with E-state index in [-0.39, 0.29) is 6.10 Å². The van der Waals surface area contributed by atoms with Crippen molar-refractivity contribution in [3.63, 3.8) is 0 Å². The second-order valence-corrected chi connectivity index (χ2v) is 3.44. The number of hydrogen-bond donors (Lipinski definition) is 1. The predicted octanol–water partition coefficient (Wildman–Crippen LogP) is 1.05. The highest BCUT2D eigenvalue weighted by molar-refractivity contribution is 4.78. The van der Waals surface area contributed by atoms with Crippen LogP contribution < -0.4 is 5.32 Å². The van der Waals surface area contributed by atoms with E-state index in [1.807, 2.05) is 0 Å². The highest BCUT2D eigenvalue weighted by atomic mass is 16.3. The van der Waals surface area contributed by atoms with Crippen LogP contribution in [0.1, 0.15) is 20.3 Å². The Morgan fingerprint density at radius 3 is 2.60 bits per heavy atom. The van der Waals surface area contributed by atoms with Gasteiger partial charge < -0.3 is 5.32 Å². The third kappa shape index (κ3) is 1.70. The Labute approximate surface area is 62.6 Å². The highest BCUT2D eigenvalue weighted by Crippen LogP contribution is 2.21. The quantitative estimate of drug-likeness (QED) is 0.583. The third-order valence-electron chi connectivity index (χ3n) is 2.33. The minimum atomic E-state index is -0.367. The minimum Gasteiger partial charge on any atom is -0.314 e. The van der Waals surface area contributed by atoms with Crippen LogP contribution in [0.4, 0.5) is 0 Å². The Morgan fingerprint density at radius 1 is 1.50 bits per heavy atom. The number of nitrogens with one attached hydrogen (secondary N) is 1. The van der Waals surface area contributed by atoms with Gasteiger partial charge in [0.05, 0.1) is 0 Å². The first-order chi connectivity index (χ1) is 4.72. The Morgan fingerprint density at radius 2 is 2.20 bits per heavy atom. The molecule has 0 saturated carbocycles. The summed E-state index contributed by atoms with van der Waals surface area (Å²) in [5.41, 5.74) is 0. The fourth-order valence-corrected chi connectivity index (χ4v) is 1.61. The van der Waals surface area contributed by atoms with Gasteiger partial charge in [-0.05, 0) is 24.8 Å². The molecular formula is C8H16NO. The fraction of sp³-hybridized carbons (Fsp3) is 1.00. The maximum absolute atomic E-state index is 11.3. The Bertz CT molecular complexity index is 103. The van der Waals surface area contributed by atoms with Crippen molar-refractivity contribution in [3.8, 4) is 0 Å². The van der Waals surface area contributed by atoms with Crippen molar-refractivity contribution in [2.75, 3.05) is 13.1 Å². The molecule has 0 amide bonds. The lowest BCUT2D eigenvalue weighted by atomic mass is 9.85. The lowest BCUT2D eigenvalue weighted by Crippen LogP contribution is -2.41. The maximum Gasteiger partial charge on any atom is 0.108 e. The minimum absolute atomic E-state index is 0.367. The lowest BCUT2D eigenvalue weighted by molar-refractivity contribution is 0.000408. The van der Waals surface area contributed by atoms with Crippen molar-refractivity contribution in [1.29, 1.82) is 0 Å². The van der Waals surface area contributed by atoms with Gasteiger partial charge in [0.2, 0.25) is 0 Å². The Hall–Kier alpha value is -0.0800. The maximum atomic E-state index is 11.3. The van der Waals surface area contributed by atoms with Crippen molar-refractivity contribution >= 4 is 0 Å². The van der Waals surface area contributed by atoms with Gasteiger partial charge in [0, 0.05) is 6.54 Å². The SMILES string of the molecule is CC(C)C1CCNCC1[O]. The molecule has 0 aromatic rings. The van der Waals surface area contributed by atoms with Crippen LogP contribution in [0, 0.1) is 11.8 Å². The number of piperidine rings is 1. The standard InChI is InChI=1S/C8H16NO/c1-6(2)7-3-4-9-5-8(7)10/h6-9H,3-5H2,1-2H3. The summed E-state index contributed by atoms with van der Waals surface area (Å²) < 4.78 is 0. The summed E-state index contributed by atoms with van der Waals surface area (Å²) in [4.78, 5) is 0. The summed E-state index contributed by atoms with van der Waals surface area (Å²) in [5.74, 6) is 0.964. The molecule has 1 radical (unpaired) electrons. The molecule has 1 heterocycles. The van der Waals surface area contributed by atoms with Crippen molar-refractivity contribution in [1.82, 2.24) is 5.32 Å². The van der Waals surface area contributed by atoms with Gasteiger partial charge in [0.15, 0.2) is 0 Å². The molecule has 1 fully saturated rings. The molecule has 0 aliphatic carbocycles. The first-order valence-electron chi connectivity index (χ1n) is 4.08. The zero-order chi connectivity index (χ0) is 7.56. The van der Waals surface area contributed by atoms with Gasteiger partial charge in [-0.15, -0.1) is 0 Å². The molecule has 59 valence electrons. The van der Waals surface area contributed by atoms with Crippen molar-refractivity contribution in [2.45, 2.75) is 26.4 Å². The van der Waals surface area contributed by atoms with E-state index in [1.54, 1.807) is 0 Å². The second kappa shape index (κ2) is 3.35. The zero-order valence-electron chi connectivity index (χ0n) is 6.76. The summed E-state index contributed by atoms with van der Waals surface area (Å²) in [7, 11) is 0. The van der Waals surface area contributed by atoms with E-state index >= 15 is 0 Å². The summed E-state index contributed by atoms with van der Waals surface area (Å²) in [6.45, 7) is 5.98. The van der Waals surface area contributed by atoms with Gasteiger partial charge in [-0.2, -0.15) is 0 Å². The van der Waals surface area contributed by atoms with Crippen LogP contribution >= 0.6 is 0 Å². The van der Waals surface area contributed by atoms with E-state index in [4.69, 9.17) is 0 Å². The van der Waals surface area contributed by atoms with Crippen molar-refractivity contribution in [3.05, 3.63) is 0 Å². The van der Waals surface area contributed by atoms with Gasteiger partial charge in [-0.3, -0.25) is 0 Å². The summed E-state index contributed by atoms with van der Waals surface area (Å²) in [6, 6.07) is 0. The lowest BCUT2D eigenvalue weighted by Gasteiger charge is -2.29. The Kier molecular flexibility index (Phi) is 2.69. The molecule has 1 rings (SSSR count). The molecule has 1 saturated heterocycles. The van der Waals surface area contributed by atoms with E-state index < -0.39 is 0 Å². The van der Waals surface area contributed by atoms with Gasteiger partial charge in [-0.25, -0.2) is 5.11 Å². The van der Waals surface area contributed by atoms with Gasteiger partial charge in [0.1, 0.15) is 6.10 Å². The number of hydrogen-bond acceptors (Lipinski definition) is 1. The fourth-order valence-electron chi connectivity index (χ4n) is 1.61. The topological polar surface area (TPSA) is 31.9 Å². The van der Waals surface area contributed by atoms with Gasteiger partial charge in [0.25, 0.3) is 0 Å². The molecule has 0 spiro atoms.